The molecule has 0 aliphatic carbocycles. The number of carbonyl (C=O) groups excluding carboxylic acids is 2. The molecule has 0 saturated heterocycles. The number of thioether (sulfide) groups is 1. The Kier molecular flexibility index (Phi) is 8.17. The van der Waals surface area contributed by atoms with Gasteiger partial charge in [0.1, 0.15) is 11.5 Å². The molecule has 4 aromatic rings. The van der Waals surface area contributed by atoms with Crippen LogP contribution in [0.2, 0.25) is 0 Å². The molecule has 8 heteroatoms. The molecule has 1 aromatic heterocycles. The van der Waals surface area contributed by atoms with E-state index in [4.69, 9.17) is 9.47 Å². The predicted octanol–water partition coefficient (Wildman–Crippen LogP) is 5.13. The Hall–Kier alpha value is -3.91. The van der Waals surface area contributed by atoms with Crippen LogP contribution in [-0.2, 0) is 11.3 Å². The summed E-state index contributed by atoms with van der Waals surface area (Å²) in [5, 5.41) is 6.99. The van der Waals surface area contributed by atoms with Crippen LogP contribution in [-0.4, -0.2) is 42.9 Å². The average molecular weight is 504 g/mol. The van der Waals surface area contributed by atoms with E-state index in [0.717, 1.165) is 21.4 Å². The summed E-state index contributed by atoms with van der Waals surface area (Å²) in [6.45, 7) is 3.04. The normalized spacial score (nSPS) is 10.8. The van der Waals surface area contributed by atoms with Crippen LogP contribution in [0, 0.1) is 6.92 Å². The topological polar surface area (TPSA) is 81.6 Å². The number of carbonyl (C=O) groups is 2. The quantitative estimate of drug-likeness (QED) is 0.293. The van der Waals surface area contributed by atoms with Gasteiger partial charge < -0.3 is 24.7 Å². The van der Waals surface area contributed by atoms with Gasteiger partial charge in [0.2, 0.25) is 5.91 Å². The van der Waals surface area contributed by atoms with Gasteiger partial charge in [-0.25, -0.2) is 0 Å². The van der Waals surface area contributed by atoms with Gasteiger partial charge in [0.25, 0.3) is 5.91 Å². The molecule has 0 spiro atoms. The van der Waals surface area contributed by atoms with Crippen molar-refractivity contribution in [2.75, 3.05) is 31.8 Å². The molecule has 0 saturated carbocycles. The van der Waals surface area contributed by atoms with Crippen LogP contribution in [0.15, 0.2) is 77.8 Å². The van der Waals surface area contributed by atoms with E-state index in [1.54, 1.807) is 32.4 Å². The highest BCUT2D eigenvalue weighted by Crippen LogP contribution is 2.32. The van der Waals surface area contributed by atoms with Gasteiger partial charge >= 0.3 is 0 Å². The molecular formula is C28H29N3O4S. The summed E-state index contributed by atoms with van der Waals surface area (Å²) in [6, 6.07) is 20.9. The summed E-state index contributed by atoms with van der Waals surface area (Å²) in [6.07, 6.45) is 2.04. The van der Waals surface area contributed by atoms with Crippen molar-refractivity contribution in [3.05, 3.63) is 84.1 Å². The van der Waals surface area contributed by atoms with E-state index in [0.29, 0.717) is 35.8 Å². The summed E-state index contributed by atoms with van der Waals surface area (Å²) >= 11 is 1.47. The van der Waals surface area contributed by atoms with Crippen molar-refractivity contribution in [1.82, 2.24) is 9.88 Å². The van der Waals surface area contributed by atoms with E-state index in [1.807, 2.05) is 61.7 Å². The first-order valence-electron chi connectivity index (χ1n) is 11.6. The van der Waals surface area contributed by atoms with Crippen molar-refractivity contribution >= 4 is 40.2 Å². The van der Waals surface area contributed by atoms with Gasteiger partial charge in [-0.2, -0.15) is 0 Å². The fraction of sp³-hybridized carbons (Fsp3) is 0.214. The van der Waals surface area contributed by atoms with Crippen molar-refractivity contribution in [2.24, 2.45) is 0 Å². The molecule has 186 valence electrons. The second-order valence-corrected chi connectivity index (χ2v) is 9.19. The van der Waals surface area contributed by atoms with E-state index < -0.39 is 0 Å². The first-order chi connectivity index (χ1) is 17.5. The number of rotatable bonds is 10. The Morgan fingerprint density at radius 3 is 2.53 bits per heavy atom. The second kappa shape index (κ2) is 11.7. The van der Waals surface area contributed by atoms with Crippen LogP contribution in [0.3, 0.4) is 0 Å². The monoisotopic (exact) mass is 503 g/mol. The summed E-state index contributed by atoms with van der Waals surface area (Å²) in [4.78, 5) is 26.3. The van der Waals surface area contributed by atoms with Gasteiger partial charge in [0.15, 0.2) is 0 Å². The average Bonchev–Trinajstić information content (AvgIpc) is 3.25. The molecule has 7 nitrogen and oxygen atoms in total. The summed E-state index contributed by atoms with van der Waals surface area (Å²) in [5.41, 5.74) is 3.25. The number of nitrogens with one attached hydrogen (secondary N) is 2. The maximum Gasteiger partial charge on any atom is 0.251 e. The number of fused-ring (bicyclic) bond motifs is 1. The third-order valence-electron chi connectivity index (χ3n) is 5.82. The number of amides is 2. The second-order valence-electron chi connectivity index (χ2n) is 8.18. The lowest BCUT2D eigenvalue weighted by molar-refractivity contribution is -0.113. The Morgan fingerprint density at radius 1 is 0.972 bits per heavy atom. The van der Waals surface area contributed by atoms with Crippen molar-refractivity contribution < 1.29 is 19.1 Å². The van der Waals surface area contributed by atoms with Crippen molar-refractivity contribution in [1.29, 1.82) is 0 Å². The zero-order valence-electron chi connectivity index (χ0n) is 20.5. The first-order valence-corrected chi connectivity index (χ1v) is 12.5. The van der Waals surface area contributed by atoms with Gasteiger partial charge in [0, 0.05) is 46.7 Å². The lowest BCUT2D eigenvalue weighted by atomic mass is 10.1. The predicted molar refractivity (Wildman–Crippen MR) is 144 cm³/mol. The van der Waals surface area contributed by atoms with E-state index in [2.05, 4.69) is 15.2 Å². The fourth-order valence-electron chi connectivity index (χ4n) is 3.97. The standard InChI is InChI=1S/C28H29N3O4S/c1-19-8-4-5-9-21(19)28(33)29-14-15-31-17-26(22-10-6-7-11-24(22)31)36-18-27(32)30-23-16-20(34-2)12-13-25(23)35-3/h4-13,16-17H,14-15,18H2,1-3H3,(H,29,33)(H,30,32). The number of nitrogens with zero attached hydrogens (tertiary/aromatic N) is 1. The number of para-hydroxylation sites is 1. The minimum absolute atomic E-state index is 0.0798. The van der Waals surface area contributed by atoms with Crippen LogP contribution in [0.1, 0.15) is 15.9 Å². The molecule has 3 aromatic carbocycles. The van der Waals surface area contributed by atoms with Crippen LogP contribution in [0.4, 0.5) is 5.69 Å². The molecule has 2 N–H and O–H groups in total. The van der Waals surface area contributed by atoms with Crippen LogP contribution in [0.25, 0.3) is 10.9 Å². The Balaban J connectivity index is 1.41. The highest BCUT2D eigenvalue weighted by molar-refractivity contribution is 8.00. The molecule has 0 aliphatic heterocycles. The number of benzene rings is 3. The number of aryl methyl sites for hydroxylation is 1. The minimum Gasteiger partial charge on any atom is -0.497 e. The zero-order valence-corrected chi connectivity index (χ0v) is 21.4. The summed E-state index contributed by atoms with van der Waals surface area (Å²) in [7, 11) is 3.14. The third-order valence-corrected chi connectivity index (χ3v) is 6.86. The van der Waals surface area contributed by atoms with Crippen LogP contribution >= 0.6 is 11.8 Å². The highest BCUT2D eigenvalue weighted by atomic mass is 32.2. The SMILES string of the molecule is COc1ccc(OC)c(NC(=O)CSc2cn(CCNC(=O)c3ccccc3C)c3ccccc23)c1. The number of anilines is 1. The summed E-state index contributed by atoms with van der Waals surface area (Å²) in [5.74, 6) is 1.21. The lowest BCUT2D eigenvalue weighted by Crippen LogP contribution is -2.27. The maximum absolute atomic E-state index is 12.7. The van der Waals surface area contributed by atoms with Gasteiger partial charge in [-0.05, 0) is 36.8 Å². The molecular weight excluding hydrogens is 474 g/mol. The third kappa shape index (κ3) is 5.83. The van der Waals surface area contributed by atoms with E-state index in [-0.39, 0.29) is 17.6 Å². The van der Waals surface area contributed by atoms with Crippen LogP contribution < -0.4 is 20.1 Å². The molecule has 2 amide bonds. The molecule has 0 atom stereocenters. The van der Waals surface area contributed by atoms with Gasteiger partial charge in [-0.1, -0.05) is 36.4 Å². The molecule has 0 unspecified atom stereocenters. The van der Waals surface area contributed by atoms with Crippen molar-refractivity contribution in [3.8, 4) is 11.5 Å². The van der Waals surface area contributed by atoms with Gasteiger partial charge in [-0.15, -0.1) is 11.8 Å². The largest absolute Gasteiger partial charge is 0.497 e. The number of methoxy groups -OCH3 is 2. The summed E-state index contributed by atoms with van der Waals surface area (Å²) < 4.78 is 12.7. The smallest absolute Gasteiger partial charge is 0.251 e. The Bertz CT molecular complexity index is 1380. The van der Waals surface area contributed by atoms with Crippen LogP contribution in [0.5, 0.6) is 11.5 Å². The number of aromatic nitrogens is 1. The maximum atomic E-state index is 12.7. The molecule has 0 fully saturated rings. The zero-order chi connectivity index (χ0) is 25.5. The number of ether oxygens (including phenoxy) is 2. The fourth-order valence-corrected chi connectivity index (χ4v) is 4.86. The van der Waals surface area contributed by atoms with Gasteiger partial charge in [0.05, 0.1) is 25.7 Å². The van der Waals surface area contributed by atoms with Gasteiger partial charge in [-0.3, -0.25) is 9.59 Å². The molecule has 0 bridgehead atoms. The Morgan fingerprint density at radius 2 is 1.75 bits per heavy atom. The van der Waals surface area contributed by atoms with Crippen molar-refractivity contribution in [2.45, 2.75) is 18.4 Å². The highest BCUT2D eigenvalue weighted by Gasteiger charge is 2.14. The molecule has 1 heterocycles. The van der Waals surface area contributed by atoms with E-state index >= 15 is 0 Å². The molecule has 36 heavy (non-hydrogen) atoms. The van der Waals surface area contributed by atoms with E-state index in [9.17, 15) is 9.59 Å². The number of hydrogen-bond acceptors (Lipinski definition) is 5. The number of hydrogen-bond donors (Lipinski definition) is 2. The van der Waals surface area contributed by atoms with Crippen molar-refractivity contribution in [3.63, 3.8) is 0 Å². The Labute approximate surface area is 214 Å². The molecule has 4 rings (SSSR count). The molecule has 0 aliphatic rings. The first kappa shape index (κ1) is 25.2. The molecule has 0 radical (unpaired) electrons. The van der Waals surface area contributed by atoms with E-state index in [1.165, 1.54) is 11.8 Å². The lowest BCUT2D eigenvalue weighted by Gasteiger charge is -2.11. The minimum atomic E-state index is -0.145.